The van der Waals surface area contributed by atoms with Crippen molar-refractivity contribution in [3.63, 3.8) is 0 Å². The molecule has 8 nitrogen and oxygen atoms in total. The van der Waals surface area contributed by atoms with Gasteiger partial charge in [-0.2, -0.15) is 0 Å². The Balaban J connectivity index is 2.05. The molecule has 2 bridgehead atoms. The predicted octanol–water partition coefficient (Wildman–Crippen LogP) is -0.375. The topological polar surface area (TPSA) is 123 Å². The van der Waals surface area contributed by atoms with Crippen LogP contribution in [0.1, 0.15) is 47.0 Å². The summed E-state index contributed by atoms with van der Waals surface area (Å²) in [5, 5.41) is 33.6. The molecule has 4 fully saturated rings. The second kappa shape index (κ2) is 4.19. The zero-order valence-corrected chi connectivity index (χ0v) is 14.8. The highest BCUT2D eigenvalue weighted by molar-refractivity contribution is 5.73. The molecule has 1 saturated carbocycles. The van der Waals surface area contributed by atoms with Crippen LogP contribution in [0, 0.1) is 10.8 Å². The van der Waals surface area contributed by atoms with E-state index in [1.807, 2.05) is 0 Å². The van der Waals surface area contributed by atoms with Gasteiger partial charge in [0.2, 0.25) is 5.79 Å². The summed E-state index contributed by atoms with van der Waals surface area (Å²) in [6.45, 7) is 5.80. The molecule has 3 aliphatic heterocycles. The van der Waals surface area contributed by atoms with Crippen LogP contribution in [-0.4, -0.2) is 62.6 Å². The van der Waals surface area contributed by atoms with Crippen molar-refractivity contribution in [1.82, 2.24) is 0 Å². The van der Waals surface area contributed by atoms with E-state index in [0.29, 0.717) is 6.42 Å². The minimum absolute atomic E-state index is 0.150. The number of hydrogen-bond acceptors (Lipinski definition) is 8. The van der Waals surface area contributed by atoms with Crippen LogP contribution in [0.5, 0.6) is 0 Å². The first kappa shape index (κ1) is 17.2. The molecular formula is C17H24O8. The van der Waals surface area contributed by atoms with Gasteiger partial charge >= 0.3 is 11.9 Å². The molecule has 4 aliphatic rings. The van der Waals surface area contributed by atoms with E-state index in [-0.39, 0.29) is 19.4 Å². The number of ether oxygens (including phenoxy) is 3. The van der Waals surface area contributed by atoms with Crippen LogP contribution in [0.4, 0.5) is 0 Å². The molecule has 0 amide bonds. The highest BCUT2D eigenvalue weighted by Gasteiger charge is 2.96. The lowest BCUT2D eigenvalue weighted by molar-refractivity contribution is -0.307. The van der Waals surface area contributed by atoms with Crippen LogP contribution in [0.15, 0.2) is 0 Å². The molecule has 3 heterocycles. The Labute approximate surface area is 145 Å². The van der Waals surface area contributed by atoms with E-state index in [9.17, 15) is 24.9 Å². The maximum Gasteiger partial charge on any atom is 0.306 e. The molecule has 8 heteroatoms. The molecule has 0 aromatic rings. The first-order chi connectivity index (χ1) is 11.3. The van der Waals surface area contributed by atoms with Gasteiger partial charge in [0.05, 0.1) is 28.5 Å². The molecule has 140 valence electrons. The lowest BCUT2D eigenvalue weighted by atomic mass is 9.46. The number of rotatable bonds is 1. The van der Waals surface area contributed by atoms with Crippen LogP contribution in [0.2, 0.25) is 0 Å². The number of hydrogen-bond donors (Lipinski definition) is 3. The molecular weight excluding hydrogens is 332 g/mol. The van der Waals surface area contributed by atoms with Crippen molar-refractivity contribution < 1.29 is 39.1 Å². The van der Waals surface area contributed by atoms with Gasteiger partial charge in [0.1, 0.15) is 12.7 Å². The smallest absolute Gasteiger partial charge is 0.306 e. The van der Waals surface area contributed by atoms with Crippen molar-refractivity contribution in [2.45, 2.75) is 75.7 Å². The molecule has 1 spiro atoms. The minimum Gasteiger partial charge on any atom is -0.465 e. The van der Waals surface area contributed by atoms with Crippen molar-refractivity contribution in [2.24, 2.45) is 10.8 Å². The number of cyclic esters (lactones) is 1. The fourth-order valence-corrected chi connectivity index (χ4v) is 6.29. The van der Waals surface area contributed by atoms with Gasteiger partial charge in [-0.05, 0) is 33.6 Å². The SMILES string of the molecule is CC(=O)O[C@]1(C)[C@@]2(C)COC(=O)C[C@@]34[C@H](O)[C@]1(O)O[C@@]23CC[C@]4(C)O. The second-order valence-electron chi connectivity index (χ2n) is 8.57. The summed E-state index contributed by atoms with van der Waals surface area (Å²) in [5.41, 5.74) is -6.98. The zero-order valence-electron chi connectivity index (χ0n) is 14.8. The summed E-state index contributed by atoms with van der Waals surface area (Å²) >= 11 is 0. The first-order valence-corrected chi connectivity index (χ1v) is 8.52. The first-order valence-electron chi connectivity index (χ1n) is 8.52. The molecule has 4 rings (SSSR count). The average Bonchev–Trinajstić information content (AvgIpc) is 2.86. The van der Waals surface area contributed by atoms with E-state index < -0.39 is 51.5 Å². The lowest BCUT2D eigenvalue weighted by Crippen LogP contribution is -2.76. The summed E-state index contributed by atoms with van der Waals surface area (Å²) in [6, 6.07) is 0. The predicted molar refractivity (Wildman–Crippen MR) is 80.9 cm³/mol. The standard InChI is InChI=1S/C17H24O8/c1-9(18)24-14(4)12(2)8-23-10(19)7-15-11(20)17(14,22)25-16(12,15)6-5-13(15,3)21/h11,20-22H,5-8H2,1-4H3/t11-,12+,13-,14+,15-,16-,17-/m0/s1. The quantitative estimate of drug-likeness (QED) is 0.544. The summed E-state index contributed by atoms with van der Waals surface area (Å²) in [5.74, 6) is -3.50. The number of aliphatic hydroxyl groups is 3. The lowest BCUT2D eigenvalue weighted by Gasteiger charge is -2.58. The molecule has 3 saturated heterocycles. The van der Waals surface area contributed by atoms with Gasteiger partial charge in [0.25, 0.3) is 0 Å². The average molecular weight is 356 g/mol. The molecule has 0 aromatic heterocycles. The Bertz CT molecular complexity index is 690. The van der Waals surface area contributed by atoms with E-state index in [1.165, 1.54) is 13.8 Å². The third-order valence-corrected chi connectivity index (χ3v) is 7.73. The number of fused-ring (bicyclic) bond motifs is 1. The Morgan fingerprint density at radius 2 is 1.88 bits per heavy atom. The molecule has 0 unspecified atom stereocenters. The van der Waals surface area contributed by atoms with Crippen molar-refractivity contribution >= 4 is 11.9 Å². The second-order valence-corrected chi connectivity index (χ2v) is 8.57. The van der Waals surface area contributed by atoms with Gasteiger partial charge in [-0.1, -0.05) is 0 Å². The van der Waals surface area contributed by atoms with Crippen LogP contribution in [-0.2, 0) is 23.8 Å². The van der Waals surface area contributed by atoms with Crippen LogP contribution in [0.25, 0.3) is 0 Å². The van der Waals surface area contributed by atoms with Crippen LogP contribution < -0.4 is 0 Å². The highest BCUT2D eigenvalue weighted by atomic mass is 16.7. The molecule has 0 aromatic carbocycles. The Morgan fingerprint density at radius 3 is 2.48 bits per heavy atom. The van der Waals surface area contributed by atoms with E-state index in [1.54, 1.807) is 13.8 Å². The summed E-state index contributed by atoms with van der Waals surface area (Å²) in [4.78, 5) is 24.1. The van der Waals surface area contributed by atoms with E-state index in [4.69, 9.17) is 14.2 Å². The normalized spacial score (nSPS) is 59.3. The van der Waals surface area contributed by atoms with Crippen molar-refractivity contribution in [1.29, 1.82) is 0 Å². The molecule has 7 atom stereocenters. The van der Waals surface area contributed by atoms with Gasteiger partial charge in [-0.15, -0.1) is 0 Å². The molecule has 1 aliphatic carbocycles. The Morgan fingerprint density at radius 1 is 1.24 bits per heavy atom. The Hall–Kier alpha value is -1.22. The van der Waals surface area contributed by atoms with E-state index in [2.05, 4.69) is 0 Å². The number of carbonyl (C=O) groups excluding carboxylic acids is 2. The third kappa shape index (κ3) is 1.37. The van der Waals surface area contributed by atoms with Crippen molar-refractivity contribution in [3.8, 4) is 0 Å². The van der Waals surface area contributed by atoms with Gasteiger partial charge < -0.3 is 29.5 Å². The van der Waals surface area contributed by atoms with E-state index >= 15 is 0 Å². The maximum absolute atomic E-state index is 12.3. The number of esters is 2. The number of carbonyl (C=O) groups is 2. The third-order valence-electron chi connectivity index (χ3n) is 7.73. The van der Waals surface area contributed by atoms with Gasteiger partial charge in [-0.3, -0.25) is 9.59 Å². The number of aliphatic hydroxyl groups excluding tert-OH is 1. The summed E-state index contributed by atoms with van der Waals surface area (Å²) in [7, 11) is 0. The highest BCUT2D eigenvalue weighted by Crippen LogP contribution is 2.80. The van der Waals surface area contributed by atoms with Crippen LogP contribution in [0.3, 0.4) is 0 Å². The largest absolute Gasteiger partial charge is 0.465 e. The molecule has 0 radical (unpaired) electrons. The fraction of sp³-hybridized carbons (Fsp3) is 0.882. The molecule has 3 N–H and O–H groups in total. The summed E-state index contributed by atoms with van der Waals surface area (Å²) in [6.07, 6.45) is -1.34. The van der Waals surface area contributed by atoms with Crippen molar-refractivity contribution in [3.05, 3.63) is 0 Å². The van der Waals surface area contributed by atoms with E-state index in [0.717, 1.165) is 0 Å². The van der Waals surface area contributed by atoms with Crippen LogP contribution >= 0.6 is 0 Å². The fourth-order valence-electron chi connectivity index (χ4n) is 6.29. The Kier molecular flexibility index (Phi) is 2.88. The zero-order chi connectivity index (χ0) is 18.7. The minimum atomic E-state index is -2.26. The van der Waals surface area contributed by atoms with Gasteiger partial charge in [-0.25, -0.2) is 0 Å². The summed E-state index contributed by atoms with van der Waals surface area (Å²) < 4.78 is 16.9. The monoisotopic (exact) mass is 356 g/mol. The van der Waals surface area contributed by atoms with Gasteiger partial charge in [0, 0.05) is 6.92 Å². The van der Waals surface area contributed by atoms with Gasteiger partial charge in [0.15, 0.2) is 5.60 Å². The van der Waals surface area contributed by atoms with Crippen molar-refractivity contribution in [2.75, 3.05) is 6.61 Å². The maximum atomic E-state index is 12.3. The molecule has 25 heavy (non-hydrogen) atoms.